The summed E-state index contributed by atoms with van der Waals surface area (Å²) in [6.45, 7) is 1.33. The van der Waals surface area contributed by atoms with Crippen LogP contribution in [0.15, 0.2) is 0 Å². The third-order valence-electron chi connectivity index (χ3n) is 1.51. The fraction of sp³-hybridized carbons (Fsp3) is 0.667. The van der Waals surface area contributed by atoms with Crippen molar-refractivity contribution in [3.8, 4) is 0 Å². The maximum absolute atomic E-state index is 10.9. The molecular formula is C6H11N3O2. The summed E-state index contributed by atoms with van der Waals surface area (Å²) in [4.78, 5) is 22.8. The Morgan fingerprint density at radius 2 is 2.45 bits per heavy atom. The van der Waals surface area contributed by atoms with Crippen LogP contribution in [0.5, 0.6) is 0 Å². The Hall–Kier alpha value is -1.26. The van der Waals surface area contributed by atoms with Gasteiger partial charge in [0.15, 0.2) is 0 Å². The minimum atomic E-state index is -0.470. The van der Waals surface area contributed by atoms with Crippen molar-refractivity contribution >= 4 is 11.9 Å². The highest BCUT2D eigenvalue weighted by atomic mass is 16.2. The van der Waals surface area contributed by atoms with Gasteiger partial charge in [0.05, 0.1) is 0 Å². The Labute approximate surface area is 64.5 Å². The van der Waals surface area contributed by atoms with E-state index in [0.29, 0.717) is 13.1 Å². The molecule has 0 radical (unpaired) electrons. The van der Waals surface area contributed by atoms with Crippen LogP contribution >= 0.6 is 0 Å². The SMILES string of the molecule is NC(=O)CN1CCCNC1=O. The number of nitrogens with two attached hydrogens (primary N) is 1. The second-order valence-electron chi connectivity index (χ2n) is 2.47. The Bertz CT molecular complexity index is 181. The van der Waals surface area contributed by atoms with Gasteiger partial charge in [-0.15, -0.1) is 0 Å². The standard InChI is InChI=1S/C6H11N3O2/c7-5(10)4-9-3-1-2-8-6(9)11/h1-4H2,(H2,7,10)(H,8,11). The van der Waals surface area contributed by atoms with Crippen molar-refractivity contribution in [2.24, 2.45) is 5.73 Å². The predicted molar refractivity (Wildman–Crippen MR) is 38.8 cm³/mol. The molecule has 0 aromatic heterocycles. The molecule has 3 amide bonds. The van der Waals surface area contributed by atoms with Gasteiger partial charge in [0, 0.05) is 13.1 Å². The van der Waals surface area contributed by atoms with Crippen molar-refractivity contribution in [1.29, 1.82) is 0 Å². The fourth-order valence-corrected chi connectivity index (χ4v) is 1.02. The topological polar surface area (TPSA) is 75.4 Å². The summed E-state index contributed by atoms with van der Waals surface area (Å²) in [5, 5.41) is 2.62. The number of rotatable bonds is 2. The lowest BCUT2D eigenvalue weighted by molar-refractivity contribution is -0.118. The fourth-order valence-electron chi connectivity index (χ4n) is 1.02. The largest absolute Gasteiger partial charge is 0.368 e. The van der Waals surface area contributed by atoms with Gasteiger partial charge in [0.2, 0.25) is 5.91 Å². The normalized spacial score (nSPS) is 17.8. The molecule has 5 heteroatoms. The highest BCUT2D eigenvalue weighted by Crippen LogP contribution is 1.96. The maximum Gasteiger partial charge on any atom is 0.317 e. The van der Waals surface area contributed by atoms with Gasteiger partial charge in [-0.25, -0.2) is 4.79 Å². The number of hydrogen-bond donors (Lipinski definition) is 2. The molecule has 62 valence electrons. The first-order chi connectivity index (χ1) is 5.20. The van der Waals surface area contributed by atoms with Crippen LogP contribution in [0.1, 0.15) is 6.42 Å². The van der Waals surface area contributed by atoms with Crippen LogP contribution in [-0.4, -0.2) is 36.5 Å². The molecule has 5 nitrogen and oxygen atoms in total. The summed E-state index contributed by atoms with van der Waals surface area (Å²) in [5.41, 5.74) is 4.92. The number of nitrogens with one attached hydrogen (secondary N) is 1. The summed E-state index contributed by atoms with van der Waals surface area (Å²) in [6, 6.07) is -0.199. The van der Waals surface area contributed by atoms with Gasteiger partial charge in [-0.2, -0.15) is 0 Å². The van der Waals surface area contributed by atoms with E-state index in [2.05, 4.69) is 5.32 Å². The van der Waals surface area contributed by atoms with Crippen molar-refractivity contribution in [3.63, 3.8) is 0 Å². The molecule has 0 aromatic rings. The second kappa shape index (κ2) is 3.23. The highest BCUT2D eigenvalue weighted by molar-refractivity contribution is 5.83. The van der Waals surface area contributed by atoms with Gasteiger partial charge >= 0.3 is 6.03 Å². The zero-order valence-electron chi connectivity index (χ0n) is 6.17. The molecule has 1 rings (SSSR count). The second-order valence-corrected chi connectivity index (χ2v) is 2.47. The van der Waals surface area contributed by atoms with Crippen LogP contribution in [0.25, 0.3) is 0 Å². The molecule has 0 bridgehead atoms. The number of carbonyl (C=O) groups is 2. The summed E-state index contributed by atoms with van der Waals surface area (Å²) in [6.07, 6.45) is 0.874. The number of nitrogens with zero attached hydrogens (tertiary/aromatic N) is 1. The third-order valence-corrected chi connectivity index (χ3v) is 1.51. The molecule has 0 unspecified atom stereocenters. The summed E-state index contributed by atoms with van der Waals surface area (Å²) in [5.74, 6) is -0.470. The molecule has 0 atom stereocenters. The number of hydrogen-bond acceptors (Lipinski definition) is 2. The van der Waals surface area contributed by atoms with Crippen LogP contribution in [0, 0.1) is 0 Å². The Morgan fingerprint density at radius 1 is 1.73 bits per heavy atom. The third kappa shape index (κ3) is 2.10. The van der Waals surface area contributed by atoms with E-state index >= 15 is 0 Å². The lowest BCUT2D eigenvalue weighted by Gasteiger charge is -2.25. The lowest BCUT2D eigenvalue weighted by atomic mass is 10.3. The summed E-state index contributed by atoms with van der Waals surface area (Å²) >= 11 is 0. The monoisotopic (exact) mass is 157 g/mol. The van der Waals surface area contributed by atoms with Crippen LogP contribution in [0.4, 0.5) is 4.79 Å². The Balaban J connectivity index is 2.42. The number of carbonyl (C=O) groups excluding carboxylic acids is 2. The molecule has 1 fully saturated rings. The van der Waals surface area contributed by atoms with E-state index in [4.69, 9.17) is 5.73 Å². The minimum Gasteiger partial charge on any atom is -0.368 e. The van der Waals surface area contributed by atoms with Crippen LogP contribution < -0.4 is 11.1 Å². The van der Waals surface area contributed by atoms with Gasteiger partial charge < -0.3 is 16.0 Å². The van der Waals surface area contributed by atoms with Crippen molar-refractivity contribution in [2.45, 2.75) is 6.42 Å². The molecule has 3 N–H and O–H groups in total. The minimum absolute atomic E-state index is 0.0197. The van der Waals surface area contributed by atoms with E-state index in [0.717, 1.165) is 6.42 Å². The summed E-state index contributed by atoms with van der Waals surface area (Å²) < 4.78 is 0. The van der Waals surface area contributed by atoms with E-state index in [1.165, 1.54) is 4.90 Å². The van der Waals surface area contributed by atoms with Gasteiger partial charge in [-0.3, -0.25) is 4.79 Å². The quantitative estimate of drug-likeness (QED) is 0.533. The van der Waals surface area contributed by atoms with E-state index < -0.39 is 5.91 Å². The van der Waals surface area contributed by atoms with Gasteiger partial charge in [-0.05, 0) is 6.42 Å². The number of primary amides is 1. The van der Waals surface area contributed by atoms with Crippen molar-refractivity contribution < 1.29 is 9.59 Å². The van der Waals surface area contributed by atoms with Gasteiger partial charge in [-0.1, -0.05) is 0 Å². The van der Waals surface area contributed by atoms with Crippen molar-refractivity contribution in [2.75, 3.05) is 19.6 Å². The highest BCUT2D eigenvalue weighted by Gasteiger charge is 2.18. The molecule has 1 aliphatic rings. The van der Waals surface area contributed by atoms with Crippen molar-refractivity contribution in [3.05, 3.63) is 0 Å². The molecule has 0 saturated carbocycles. The Kier molecular flexibility index (Phi) is 2.30. The first kappa shape index (κ1) is 7.84. The van der Waals surface area contributed by atoms with E-state index in [1.54, 1.807) is 0 Å². The van der Waals surface area contributed by atoms with Crippen molar-refractivity contribution in [1.82, 2.24) is 10.2 Å². The first-order valence-corrected chi connectivity index (χ1v) is 3.51. The number of amides is 3. The summed E-state index contributed by atoms with van der Waals surface area (Å²) in [7, 11) is 0. The number of urea groups is 1. The van der Waals surface area contributed by atoms with Gasteiger partial charge in [0.1, 0.15) is 6.54 Å². The zero-order valence-corrected chi connectivity index (χ0v) is 6.17. The molecule has 1 aliphatic heterocycles. The molecule has 0 aliphatic carbocycles. The first-order valence-electron chi connectivity index (χ1n) is 3.51. The maximum atomic E-state index is 10.9. The van der Waals surface area contributed by atoms with E-state index in [-0.39, 0.29) is 12.6 Å². The van der Waals surface area contributed by atoms with Crippen LogP contribution in [0.3, 0.4) is 0 Å². The van der Waals surface area contributed by atoms with E-state index in [9.17, 15) is 9.59 Å². The van der Waals surface area contributed by atoms with Crippen LogP contribution in [0.2, 0.25) is 0 Å². The van der Waals surface area contributed by atoms with Crippen LogP contribution in [-0.2, 0) is 4.79 Å². The van der Waals surface area contributed by atoms with E-state index in [1.807, 2.05) is 0 Å². The molecular weight excluding hydrogens is 146 g/mol. The molecule has 11 heavy (non-hydrogen) atoms. The Morgan fingerprint density at radius 3 is 3.00 bits per heavy atom. The molecule has 0 aromatic carbocycles. The average Bonchev–Trinajstić information content (AvgIpc) is 1.93. The molecule has 1 saturated heterocycles. The zero-order chi connectivity index (χ0) is 8.27. The molecule has 1 heterocycles. The smallest absolute Gasteiger partial charge is 0.317 e. The predicted octanol–water partition coefficient (Wildman–Crippen LogP) is -1.11. The average molecular weight is 157 g/mol. The molecule has 0 spiro atoms. The van der Waals surface area contributed by atoms with Gasteiger partial charge in [0.25, 0.3) is 0 Å². The lowest BCUT2D eigenvalue weighted by Crippen LogP contribution is -2.49.